The number of hydrogen-bond donors (Lipinski definition) is 2. The van der Waals surface area contributed by atoms with E-state index in [-0.39, 0.29) is 22.2 Å². The number of benzene rings is 1. The van der Waals surface area contributed by atoms with E-state index in [0.29, 0.717) is 0 Å². The van der Waals surface area contributed by atoms with Gasteiger partial charge in [-0.1, -0.05) is 19.1 Å². The summed E-state index contributed by atoms with van der Waals surface area (Å²) in [7, 11) is -0.626. The number of rotatable bonds is 5. The average molecular weight is 322 g/mol. The van der Waals surface area contributed by atoms with Gasteiger partial charge in [0, 0.05) is 14.1 Å². The van der Waals surface area contributed by atoms with Gasteiger partial charge in [-0.25, -0.2) is 8.42 Å². The molecule has 0 saturated heterocycles. The highest BCUT2D eigenvalue weighted by atomic mass is 32.2. The van der Waals surface area contributed by atoms with Crippen LogP contribution in [0.4, 0.5) is 5.82 Å². The molecule has 1 aromatic heterocycles. The van der Waals surface area contributed by atoms with Gasteiger partial charge in [-0.05, 0) is 24.1 Å². The highest BCUT2D eigenvalue weighted by Gasteiger charge is 2.21. The van der Waals surface area contributed by atoms with Gasteiger partial charge in [0.05, 0.1) is 11.1 Å². The maximum Gasteiger partial charge on any atom is 0.263 e. The highest BCUT2D eigenvalue weighted by molar-refractivity contribution is 7.92. The quantitative estimate of drug-likeness (QED) is 0.871. The van der Waals surface area contributed by atoms with Crippen molar-refractivity contribution >= 4 is 21.7 Å². The van der Waals surface area contributed by atoms with Crippen molar-refractivity contribution in [1.29, 1.82) is 0 Å². The second-order valence-corrected chi connectivity index (χ2v) is 6.65. The molecule has 0 spiro atoms. The summed E-state index contributed by atoms with van der Waals surface area (Å²) in [6.45, 7) is 1.95. The van der Waals surface area contributed by atoms with Crippen molar-refractivity contribution in [3.63, 3.8) is 0 Å². The van der Waals surface area contributed by atoms with Crippen LogP contribution in [0, 0.1) is 0 Å². The lowest BCUT2D eigenvalue weighted by atomic mass is 10.2. The van der Waals surface area contributed by atoms with Crippen molar-refractivity contribution < 1.29 is 13.2 Å². The summed E-state index contributed by atoms with van der Waals surface area (Å²) in [4.78, 5) is 13.5. The fourth-order valence-corrected chi connectivity index (χ4v) is 3.00. The first kappa shape index (κ1) is 16.0. The van der Waals surface area contributed by atoms with E-state index < -0.39 is 10.0 Å². The van der Waals surface area contributed by atoms with Gasteiger partial charge >= 0.3 is 0 Å². The summed E-state index contributed by atoms with van der Waals surface area (Å²) in [5.41, 5.74) is 1.08. The Balaban J connectivity index is 2.34. The fraction of sp³-hybridized carbons (Fsp3) is 0.286. The minimum atomic E-state index is -3.79. The van der Waals surface area contributed by atoms with Gasteiger partial charge in [-0.2, -0.15) is 5.10 Å². The summed E-state index contributed by atoms with van der Waals surface area (Å²) in [5, 5.41) is 6.25. The molecule has 22 heavy (non-hydrogen) atoms. The third-order valence-corrected chi connectivity index (χ3v) is 4.48. The molecule has 0 atom stereocenters. The molecule has 2 aromatic rings. The largest absolute Gasteiger partial charge is 0.345 e. The molecule has 0 saturated carbocycles. The fourth-order valence-electron chi connectivity index (χ4n) is 1.89. The molecule has 2 rings (SSSR count). The molecule has 118 valence electrons. The molecule has 0 aliphatic carbocycles. The van der Waals surface area contributed by atoms with Crippen LogP contribution in [0.15, 0.2) is 35.4 Å². The Morgan fingerprint density at radius 3 is 2.73 bits per heavy atom. The second-order valence-electron chi connectivity index (χ2n) is 4.96. The zero-order valence-electron chi connectivity index (χ0n) is 12.6. The molecule has 2 N–H and O–H groups in total. The van der Waals surface area contributed by atoms with Crippen LogP contribution in [0.25, 0.3) is 0 Å². The van der Waals surface area contributed by atoms with Crippen LogP contribution >= 0.6 is 0 Å². The van der Waals surface area contributed by atoms with Gasteiger partial charge < -0.3 is 4.90 Å². The average Bonchev–Trinajstić information content (AvgIpc) is 2.93. The number of nitrogens with one attached hydrogen (secondary N) is 2. The van der Waals surface area contributed by atoms with Crippen molar-refractivity contribution in [3.8, 4) is 0 Å². The molecule has 0 radical (unpaired) electrons. The number of H-pyrrole nitrogens is 1. The van der Waals surface area contributed by atoms with Crippen LogP contribution in [0.2, 0.25) is 0 Å². The standard InChI is InChI=1S/C14H18N4O3S/c1-4-10-6-5-7-11(8-10)22(20,21)17-13-12(9-15-16-13)14(19)18(2)3/h5-9H,4H2,1-3H3,(H2,15,16,17). The van der Waals surface area contributed by atoms with Crippen molar-refractivity contribution in [2.24, 2.45) is 0 Å². The molecule has 1 aromatic carbocycles. The van der Waals surface area contributed by atoms with E-state index in [4.69, 9.17) is 0 Å². The molecule has 7 nitrogen and oxygen atoms in total. The number of carbonyl (C=O) groups excluding carboxylic acids is 1. The number of carbonyl (C=O) groups is 1. The smallest absolute Gasteiger partial charge is 0.263 e. The number of sulfonamides is 1. The number of anilines is 1. The maximum absolute atomic E-state index is 12.4. The predicted molar refractivity (Wildman–Crippen MR) is 83.2 cm³/mol. The minimum Gasteiger partial charge on any atom is -0.345 e. The van der Waals surface area contributed by atoms with Crippen LogP contribution in [-0.2, 0) is 16.4 Å². The number of nitrogens with zero attached hydrogens (tertiary/aromatic N) is 2. The Hall–Kier alpha value is -2.35. The molecule has 0 fully saturated rings. The van der Waals surface area contributed by atoms with Crippen LogP contribution in [-0.4, -0.2) is 43.5 Å². The van der Waals surface area contributed by atoms with Crippen molar-refractivity contribution in [3.05, 3.63) is 41.6 Å². The van der Waals surface area contributed by atoms with Crippen molar-refractivity contribution in [2.75, 3.05) is 18.8 Å². The van der Waals surface area contributed by atoms with Crippen LogP contribution in [0.5, 0.6) is 0 Å². The van der Waals surface area contributed by atoms with Crippen LogP contribution < -0.4 is 4.72 Å². The molecule has 1 heterocycles. The molecular formula is C14H18N4O3S. The van der Waals surface area contributed by atoms with Gasteiger partial charge in [0.25, 0.3) is 15.9 Å². The first-order valence-corrected chi connectivity index (χ1v) is 8.20. The normalized spacial score (nSPS) is 11.2. The number of aromatic nitrogens is 2. The third-order valence-electron chi connectivity index (χ3n) is 3.13. The molecule has 8 heteroatoms. The lowest BCUT2D eigenvalue weighted by molar-refractivity contribution is 0.0828. The van der Waals surface area contributed by atoms with E-state index in [1.54, 1.807) is 26.2 Å². The molecule has 0 bridgehead atoms. The maximum atomic E-state index is 12.4. The molecule has 0 aliphatic heterocycles. The van der Waals surface area contributed by atoms with Crippen molar-refractivity contribution in [2.45, 2.75) is 18.2 Å². The lowest BCUT2D eigenvalue weighted by Gasteiger charge is -2.12. The monoisotopic (exact) mass is 322 g/mol. The Bertz CT molecular complexity index is 781. The van der Waals surface area contributed by atoms with Gasteiger partial charge in [0.1, 0.15) is 11.4 Å². The Morgan fingerprint density at radius 2 is 2.09 bits per heavy atom. The number of amides is 1. The summed E-state index contributed by atoms with van der Waals surface area (Å²) >= 11 is 0. The minimum absolute atomic E-state index is 0.0561. The zero-order valence-corrected chi connectivity index (χ0v) is 13.4. The number of aromatic amines is 1. The Kier molecular flexibility index (Phi) is 4.51. The zero-order chi connectivity index (χ0) is 16.3. The van der Waals surface area contributed by atoms with Gasteiger partial charge in [-0.3, -0.25) is 14.6 Å². The SMILES string of the molecule is CCc1cccc(S(=O)(=O)Nc2[nH]ncc2C(=O)N(C)C)c1. The predicted octanol–water partition coefficient (Wildman–Crippen LogP) is 1.47. The van der Waals surface area contributed by atoms with Crippen LogP contribution in [0.3, 0.4) is 0 Å². The first-order valence-electron chi connectivity index (χ1n) is 6.72. The van der Waals surface area contributed by atoms with E-state index >= 15 is 0 Å². The van der Waals surface area contributed by atoms with Crippen molar-refractivity contribution in [1.82, 2.24) is 15.1 Å². The van der Waals surface area contributed by atoms with Gasteiger partial charge in [0.2, 0.25) is 0 Å². The third kappa shape index (κ3) is 3.28. The topological polar surface area (TPSA) is 95.2 Å². The van der Waals surface area contributed by atoms with Gasteiger partial charge in [-0.15, -0.1) is 0 Å². The lowest BCUT2D eigenvalue weighted by Crippen LogP contribution is -2.23. The van der Waals surface area contributed by atoms with E-state index in [1.165, 1.54) is 17.2 Å². The summed E-state index contributed by atoms with van der Waals surface area (Å²) in [6, 6.07) is 6.65. The van der Waals surface area contributed by atoms with E-state index in [9.17, 15) is 13.2 Å². The molecule has 0 aliphatic rings. The summed E-state index contributed by atoms with van der Waals surface area (Å²) in [6.07, 6.45) is 2.03. The highest BCUT2D eigenvalue weighted by Crippen LogP contribution is 2.19. The van der Waals surface area contributed by atoms with Crippen LogP contribution in [0.1, 0.15) is 22.8 Å². The molecule has 0 unspecified atom stereocenters. The van der Waals surface area contributed by atoms with Gasteiger partial charge in [0.15, 0.2) is 0 Å². The summed E-state index contributed by atoms with van der Waals surface area (Å²) in [5.74, 6) is -0.283. The second kappa shape index (κ2) is 6.18. The number of hydrogen-bond acceptors (Lipinski definition) is 4. The summed E-state index contributed by atoms with van der Waals surface area (Å²) < 4.78 is 27.2. The number of aryl methyl sites for hydroxylation is 1. The Labute approximate surface area is 129 Å². The Morgan fingerprint density at radius 1 is 1.36 bits per heavy atom. The molecular weight excluding hydrogens is 304 g/mol. The first-order chi connectivity index (χ1) is 10.3. The van der Waals surface area contributed by atoms with E-state index in [0.717, 1.165) is 12.0 Å². The van der Waals surface area contributed by atoms with E-state index in [2.05, 4.69) is 14.9 Å². The molecule has 1 amide bonds. The van der Waals surface area contributed by atoms with E-state index in [1.807, 2.05) is 13.0 Å².